The van der Waals surface area contributed by atoms with Gasteiger partial charge in [-0.25, -0.2) is 0 Å². The maximum absolute atomic E-state index is 12.4. The van der Waals surface area contributed by atoms with E-state index in [0.29, 0.717) is 12.3 Å². The highest BCUT2D eigenvalue weighted by molar-refractivity contribution is 7.90. The Hall–Kier alpha value is -0.770. The zero-order valence-electron chi connectivity index (χ0n) is 8.65. The Balaban J connectivity index is 2.52. The van der Waals surface area contributed by atoms with Crippen molar-refractivity contribution in [1.29, 1.82) is 0 Å². The fourth-order valence-corrected chi connectivity index (χ4v) is 4.42. The summed E-state index contributed by atoms with van der Waals surface area (Å²) in [5.74, 6) is 0. The normalized spacial score (nSPS) is 12.9. The molecule has 0 atom stereocenters. The average molecular weight is 351 g/mol. The van der Waals surface area contributed by atoms with Gasteiger partial charge in [-0.05, 0) is 12.1 Å². The molecule has 0 amide bonds. The number of rotatable bonds is 2. The fourth-order valence-electron chi connectivity index (χ4n) is 1.19. The number of hydrogen-bond acceptors (Lipinski definition) is 4. The topological polar surface area (TPSA) is 52.0 Å². The number of nitrogens with zero attached hydrogens (tertiary/aromatic N) is 2. The van der Waals surface area contributed by atoms with Gasteiger partial charge >= 0.3 is 6.18 Å². The largest absolute Gasteiger partial charge is 0.435 e. The molecule has 2 rings (SSSR count). The summed E-state index contributed by atoms with van der Waals surface area (Å²) in [6.45, 7) is 0. The van der Waals surface area contributed by atoms with E-state index in [2.05, 4.69) is 5.10 Å². The molecule has 0 saturated heterocycles. The second-order valence-corrected chi connectivity index (χ2v) is 7.31. The van der Waals surface area contributed by atoms with Gasteiger partial charge in [0.1, 0.15) is 9.23 Å². The lowest BCUT2D eigenvalue weighted by molar-refractivity contribution is -0.141. The van der Waals surface area contributed by atoms with E-state index in [-0.39, 0.29) is 17.7 Å². The monoisotopic (exact) mass is 350 g/mol. The molecule has 0 unspecified atom stereocenters. The van der Waals surface area contributed by atoms with Gasteiger partial charge in [-0.1, -0.05) is 23.2 Å². The summed E-state index contributed by atoms with van der Waals surface area (Å²) in [7, 11) is -4.29. The first-order valence-electron chi connectivity index (χ1n) is 4.45. The number of alkyl halides is 3. The van der Waals surface area contributed by atoms with Crippen molar-refractivity contribution in [2.75, 3.05) is 0 Å². The zero-order chi connectivity index (χ0) is 14.4. The van der Waals surface area contributed by atoms with Crippen molar-refractivity contribution >= 4 is 44.6 Å². The summed E-state index contributed by atoms with van der Waals surface area (Å²) in [6, 6.07) is 1.61. The zero-order valence-corrected chi connectivity index (χ0v) is 11.8. The molecule has 0 aliphatic heterocycles. The quantitative estimate of drug-likeness (QED) is 0.832. The lowest BCUT2D eigenvalue weighted by atomic mass is 10.4. The van der Waals surface area contributed by atoms with Crippen LogP contribution >= 0.6 is 34.5 Å². The van der Waals surface area contributed by atoms with Crippen molar-refractivity contribution < 1.29 is 21.6 Å². The lowest BCUT2D eigenvalue weighted by Crippen LogP contribution is -2.15. The summed E-state index contributed by atoms with van der Waals surface area (Å²) >= 11 is 12.1. The van der Waals surface area contributed by atoms with Crippen molar-refractivity contribution in [3.63, 3.8) is 0 Å². The highest BCUT2D eigenvalue weighted by Crippen LogP contribution is 2.35. The highest BCUT2D eigenvalue weighted by Gasteiger charge is 2.35. The molecule has 0 fully saturated rings. The summed E-state index contributed by atoms with van der Waals surface area (Å²) in [5.41, 5.74) is -1.31. The van der Waals surface area contributed by atoms with Crippen LogP contribution in [0.3, 0.4) is 0 Å². The molecule has 0 bridgehead atoms. The van der Waals surface area contributed by atoms with Gasteiger partial charge in [-0.3, -0.25) is 0 Å². The Bertz CT molecular complexity index is 721. The van der Waals surface area contributed by atoms with Gasteiger partial charge in [0.05, 0.1) is 4.34 Å². The van der Waals surface area contributed by atoms with Crippen LogP contribution in [-0.4, -0.2) is 17.6 Å². The molecule has 2 aromatic rings. The van der Waals surface area contributed by atoms with E-state index in [1.165, 1.54) is 0 Å². The molecule has 0 radical (unpaired) electrons. The Morgan fingerprint density at radius 3 is 2.37 bits per heavy atom. The van der Waals surface area contributed by atoms with Gasteiger partial charge < -0.3 is 0 Å². The van der Waals surface area contributed by atoms with E-state index in [9.17, 15) is 21.6 Å². The molecule has 104 valence electrons. The Morgan fingerprint density at radius 2 is 1.95 bits per heavy atom. The van der Waals surface area contributed by atoms with Gasteiger partial charge in [0, 0.05) is 6.20 Å². The molecule has 2 aromatic heterocycles. The Labute approximate surface area is 119 Å². The van der Waals surface area contributed by atoms with Gasteiger partial charge in [0.25, 0.3) is 10.0 Å². The minimum absolute atomic E-state index is 0.103. The molecule has 2 heterocycles. The molecule has 4 nitrogen and oxygen atoms in total. The van der Waals surface area contributed by atoms with E-state index in [1.807, 2.05) is 0 Å². The molecular formula is C8H3Cl2F3N2O2S2. The van der Waals surface area contributed by atoms with Crippen LogP contribution in [0.4, 0.5) is 13.2 Å². The van der Waals surface area contributed by atoms with E-state index in [4.69, 9.17) is 23.2 Å². The molecule has 11 heteroatoms. The van der Waals surface area contributed by atoms with Crippen LogP contribution in [0.5, 0.6) is 0 Å². The average Bonchev–Trinajstić information content (AvgIpc) is 2.83. The third-order valence-electron chi connectivity index (χ3n) is 2.01. The van der Waals surface area contributed by atoms with Crippen molar-refractivity contribution in [3.05, 3.63) is 32.7 Å². The van der Waals surface area contributed by atoms with Crippen molar-refractivity contribution in [3.8, 4) is 0 Å². The SMILES string of the molecule is O=S(=O)(c1cc(Cl)sc1Cl)n1ccc(C(F)(F)F)n1. The van der Waals surface area contributed by atoms with E-state index in [0.717, 1.165) is 17.4 Å². The van der Waals surface area contributed by atoms with E-state index >= 15 is 0 Å². The Kier molecular flexibility index (Phi) is 3.58. The molecule has 0 aliphatic carbocycles. The predicted octanol–water partition coefficient (Wildman–Crippen LogP) is 3.51. The predicted molar refractivity (Wildman–Crippen MR) is 64.2 cm³/mol. The lowest BCUT2D eigenvalue weighted by Gasteiger charge is -2.03. The van der Waals surface area contributed by atoms with E-state index < -0.39 is 21.9 Å². The van der Waals surface area contributed by atoms with Gasteiger partial charge in [-0.15, -0.1) is 11.3 Å². The second-order valence-electron chi connectivity index (χ2n) is 3.26. The van der Waals surface area contributed by atoms with E-state index in [1.54, 1.807) is 0 Å². The standard InChI is InChI=1S/C8H3Cl2F3N2O2S2/c9-6-3-4(7(10)18-6)19(16,17)15-2-1-5(14-15)8(11,12)13/h1-3H. The van der Waals surface area contributed by atoms with Gasteiger partial charge in [0.2, 0.25) is 0 Å². The van der Waals surface area contributed by atoms with Gasteiger partial charge in [-0.2, -0.15) is 30.8 Å². The third-order valence-corrected chi connectivity index (χ3v) is 5.31. The fraction of sp³-hybridized carbons (Fsp3) is 0.125. The first kappa shape index (κ1) is 14.6. The summed E-state index contributed by atoms with van der Waals surface area (Å²) in [4.78, 5) is -0.388. The smallest absolute Gasteiger partial charge is 0.199 e. The van der Waals surface area contributed by atoms with Crippen LogP contribution < -0.4 is 0 Å². The number of aromatic nitrogens is 2. The molecular weight excluding hydrogens is 348 g/mol. The molecule has 0 spiro atoms. The maximum Gasteiger partial charge on any atom is 0.435 e. The minimum atomic E-state index is -4.73. The second kappa shape index (κ2) is 4.65. The summed E-state index contributed by atoms with van der Waals surface area (Å²) in [5, 5.41) is 2.99. The molecule has 0 saturated carbocycles. The highest BCUT2D eigenvalue weighted by atomic mass is 35.5. The van der Waals surface area contributed by atoms with Crippen LogP contribution in [0.1, 0.15) is 5.69 Å². The van der Waals surface area contributed by atoms with Gasteiger partial charge in [0.15, 0.2) is 5.69 Å². The number of halogens is 5. The van der Waals surface area contributed by atoms with Crippen LogP contribution in [0.25, 0.3) is 0 Å². The minimum Gasteiger partial charge on any atom is -0.199 e. The first-order chi connectivity index (χ1) is 8.62. The van der Waals surface area contributed by atoms with Crippen LogP contribution in [0.15, 0.2) is 23.2 Å². The summed E-state index contributed by atoms with van der Waals surface area (Å²) < 4.78 is 61.3. The molecule has 0 N–H and O–H groups in total. The number of thiophene rings is 1. The van der Waals surface area contributed by atoms with Crippen molar-refractivity contribution in [1.82, 2.24) is 9.19 Å². The van der Waals surface area contributed by atoms with Crippen molar-refractivity contribution in [2.45, 2.75) is 11.1 Å². The van der Waals surface area contributed by atoms with Crippen LogP contribution in [-0.2, 0) is 16.2 Å². The van der Waals surface area contributed by atoms with Crippen LogP contribution in [0.2, 0.25) is 8.67 Å². The number of hydrogen-bond donors (Lipinski definition) is 0. The molecule has 19 heavy (non-hydrogen) atoms. The maximum atomic E-state index is 12.4. The van der Waals surface area contributed by atoms with Crippen LogP contribution in [0, 0.1) is 0 Å². The molecule has 0 aromatic carbocycles. The molecule has 0 aliphatic rings. The first-order valence-corrected chi connectivity index (χ1v) is 7.47. The van der Waals surface area contributed by atoms with Crippen molar-refractivity contribution in [2.24, 2.45) is 0 Å². The third kappa shape index (κ3) is 2.73. The Morgan fingerprint density at radius 1 is 1.32 bits per heavy atom. The summed E-state index contributed by atoms with van der Waals surface area (Å²) in [6.07, 6.45) is -4.03.